The van der Waals surface area contributed by atoms with E-state index in [0.29, 0.717) is 33.3 Å². The number of thiophene rings is 1. The van der Waals surface area contributed by atoms with E-state index in [-0.39, 0.29) is 24.1 Å². The van der Waals surface area contributed by atoms with Crippen LogP contribution in [-0.2, 0) is 13.0 Å². The summed E-state index contributed by atoms with van der Waals surface area (Å²) in [6.45, 7) is 5.88. The van der Waals surface area contributed by atoms with Crippen LogP contribution in [0.15, 0.2) is 54.6 Å². The molecule has 2 amide bonds. The normalized spacial score (nSPS) is 13.2. The van der Waals surface area contributed by atoms with Crippen molar-refractivity contribution in [1.82, 2.24) is 4.90 Å². The Morgan fingerprint density at radius 2 is 1.58 bits per heavy atom. The molecule has 0 bridgehead atoms. The molecule has 2 heterocycles. The van der Waals surface area contributed by atoms with Gasteiger partial charge in [-0.3, -0.25) is 19.3 Å². The lowest BCUT2D eigenvalue weighted by molar-refractivity contribution is 0.0997. The van der Waals surface area contributed by atoms with Crippen LogP contribution in [0.3, 0.4) is 0 Å². The number of rotatable bonds is 6. The van der Waals surface area contributed by atoms with E-state index < -0.39 is 5.91 Å². The van der Waals surface area contributed by atoms with Crippen molar-refractivity contribution in [2.24, 2.45) is 5.73 Å². The molecule has 2 aromatic carbocycles. The Hall–Kier alpha value is -3.00. The number of carbonyl (C=O) groups excluding carboxylic acids is 3. The summed E-state index contributed by atoms with van der Waals surface area (Å²) >= 11 is 1.41. The summed E-state index contributed by atoms with van der Waals surface area (Å²) in [5, 5.41) is 3.35. The minimum atomic E-state index is -0.528. The zero-order valence-electron chi connectivity index (χ0n) is 18.5. The molecule has 8 heteroatoms. The number of hydrogen-bond donors (Lipinski definition) is 2. The van der Waals surface area contributed by atoms with Gasteiger partial charge in [0.1, 0.15) is 5.00 Å². The van der Waals surface area contributed by atoms with Gasteiger partial charge in [-0.1, -0.05) is 42.5 Å². The van der Waals surface area contributed by atoms with Crippen LogP contribution in [0.2, 0.25) is 0 Å². The van der Waals surface area contributed by atoms with Crippen LogP contribution < -0.4 is 11.1 Å². The predicted octanol–water partition coefficient (Wildman–Crippen LogP) is 4.52. The number of carbonyl (C=O) groups is 3. The highest BCUT2D eigenvalue weighted by Gasteiger charge is 2.28. The first kappa shape index (κ1) is 24.6. The molecule has 172 valence electrons. The summed E-state index contributed by atoms with van der Waals surface area (Å²) in [6.07, 6.45) is 0.731. The van der Waals surface area contributed by atoms with Crippen LogP contribution in [0.25, 0.3) is 0 Å². The number of primary amides is 1. The van der Waals surface area contributed by atoms with Crippen LogP contribution in [0.4, 0.5) is 5.00 Å². The Morgan fingerprint density at radius 1 is 0.970 bits per heavy atom. The largest absolute Gasteiger partial charge is 0.365 e. The average molecular weight is 484 g/mol. The van der Waals surface area contributed by atoms with Crippen molar-refractivity contribution < 1.29 is 14.4 Å². The van der Waals surface area contributed by atoms with E-state index >= 15 is 0 Å². The minimum absolute atomic E-state index is 0. The van der Waals surface area contributed by atoms with Gasteiger partial charge in [0.05, 0.1) is 5.56 Å². The first-order valence-electron chi connectivity index (χ1n) is 10.5. The molecule has 33 heavy (non-hydrogen) atoms. The maximum Gasteiger partial charge on any atom is 0.256 e. The fraction of sp³-hybridized carbons (Fsp3) is 0.240. The lowest BCUT2D eigenvalue weighted by atomic mass is 10.0. The van der Waals surface area contributed by atoms with Crippen molar-refractivity contribution in [3.05, 3.63) is 87.3 Å². The molecule has 1 aromatic heterocycles. The first-order valence-corrected chi connectivity index (χ1v) is 11.4. The van der Waals surface area contributed by atoms with Crippen molar-refractivity contribution in [2.75, 3.05) is 11.9 Å². The molecule has 1 aliphatic heterocycles. The molecule has 0 saturated carbocycles. The molecule has 0 aliphatic carbocycles. The zero-order chi connectivity index (χ0) is 22.8. The molecule has 6 nitrogen and oxygen atoms in total. The Morgan fingerprint density at radius 3 is 2.18 bits per heavy atom. The Kier molecular flexibility index (Phi) is 7.68. The molecule has 0 saturated heterocycles. The smallest absolute Gasteiger partial charge is 0.256 e. The highest BCUT2D eigenvalue weighted by Crippen LogP contribution is 2.37. The lowest BCUT2D eigenvalue weighted by Gasteiger charge is -2.30. The zero-order valence-corrected chi connectivity index (χ0v) is 20.1. The number of anilines is 1. The fourth-order valence-corrected chi connectivity index (χ4v) is 5.19. The highest BCUT2D eigenvalue weighted by atomic mass is 35.5. The summed E-state index contributed by atoms with van der Waals surface area (Å²) in [5.41, 5.74) is 8.52. The molecular weight excluding hydrogens is 458 g/mol. The van der Waals surface area contributed by atoms with Crippen molar-refractivity contribution in [1.29, 1.82) is 0 Å². The van der Waals surface area contributed by atoms with E-state index in [1.54, 1.807) is 36.4 Å². The van der Waals surface area contributed by atoms with Gasteiger partial charge in [0.15, 0.2) is 5.78 Å². The van der Waals surface area contributed by atoms with Gasteiger partial charge in [0.2, 0.25) is 0 Å². The van der Waals surface area contributed by atoms with E-state index in [1.807, 2.05) is 18.2 Å². The van der Waals surface area contributed by atoms with Crippen molar-refractivity contribution in [3.63, 3.8) is 0 Å². The molecule has 1 aliphatic rings. The van der Waals surface area contributed by atoms with Crippen LogP contribution in [-0.4, -0.2) is 35.1 Å². The summed E-state index contributed by atoms with van der Waals surface area (Å²) in [7, 11) is 0. The molecular formula is C25H26ClN3O3S. The topological polar surface area (TPSA) is 92.5 Å². The number of benzene rings is 2. The predicted molar refractivity (Wildman–Crippen MR) is 134 cm³/mol. The number of ketones is 1. The SMILES string of the molecule is CC(C)N1CCc2c(sc(NC(=O)c3ccc(C(=O)c4ccccc4)cc3)c2C(N)=O)C1.Cl. The van der Waals surface area contributed by atoms with Crippen molar-refractivity contribution in [2.45, 2.75) is 32.9 Å². The number of fused-ring (bicyclic) bond motifs is 1. The van der Waals surface area contributed by atoms with Gasteiger partial charge in [-0.2, -0.15) is 0 Å². The molecule has 3 aromatic rings. The number of halogens is 1. The molecule has 0 atom stereocenters. The second-order valence-corrected chi connectivity index (χ2v) is 9.22. The van der Waals surface area contributed by atoms with E-state index in [0.717, 1.165) is 30.0 Å². The third-order valence-electron chi connectivity index (χ3n) is 5.74. The standard InChI is InChI=1S/C25H25N3O3S.ClH/c1-15(2)28-13-12-19-20(14-28)32-25(21(19)23(26)30)27-24(31)18-10-8-17(9-11-18)22(29)16-6-4-3-5-7-16;/h3-11,15H,12-14H2,1-2H3,(H2,26,30)(H,27,31);1H. The number of nitrogens with two attached hydrogens (primary N) is 1. The molecule has 4 rings (SSSR count). The molecule has 0 fully saturated rings. The van der Waals surface area contributed by atoms with Crippen molar-refractivity contribution in [3.8, 4) is 0 Å². The number of amides is 2. The van der Waals surface area contributed by atoms with Gasteiger partial charge in [-0.15, -0.1) is 23.7 Å². The van der Waals surface area contributed by atoms with E-state index in [9.17, 15) is 14.4 Å². The monoisotopic (exact) mass is 483 g/mol. The Labute approximate surface area is 203 Å². The quantitative estimate of drug-likeness (QED) is 0.504. The summed E-state index contributed by atoms with van der Waals surface area (Å²) < 4.78 is 0. The number of nitrogens with zero attached hydrogens (tertiary/aromatic N) is 1. The average Bonchev–Trinajstić information content (AvgIpc) is 3.16. The highest BCUT2D eigenvalue weighted by molar-refractivity contribution is 7.17. The van der Waals surface area contributed by atoms with Crippen LogP contribution >= 0.6 is 23.7 Å². The van der Waals surface area contributed by atoms with Crippen molar-refractivity contribution >= 4 is 46.3 Å². The number of nitrogens with one attached hydrogen (secondary N) is 1. The van der Waals surface area contributed by atoms with Gasteiger partial charge >= 0.3 is 0 Å². The van der Waals surface area contributed by atoms with Gasteiger partial charge in [0, 0.05) is 40.7 Å². The van der Waals surface area contributed by atoms with Gasteiger partial charge < -0.3 is 11.1 Å². The van der Waals surface area contributed by atoms with E-state index in [4.69, 9.17) is 5.73 Å². The summed E-state index contributed by atoms with van der Waals surface area (Å²) in [5.74, 6) is -0.973. The summed E-state index contributed by atoms with van der Waals surface area (Å²) in [6, 6.07) is 15.9. The van der Waals surface area contributed by atoms with Gasteiger partial charge in [-0.25, -0.2) is 0 Å². The number of hydrogen-bond acceptors (Lipinski definition) is 5. The molecule has 3 N–H and O–H groups in total. The molecule has 0 radical (unpaired) electrons. The summed E-state index contributed by atoms with van der Waals surface area (Å²) in [4.78, 5) is 41.0. The Balaban J connectivity index is 0.00000306. The Bertz CT molecular complexity index is 1170. The maximum absolute atomic E-state index is 12.9. The minimum Gasteiger partial charge on any atom is -0.365 e. The third kappa shape index (κ3) is 5.16. The first-order chi connectivity index (χ1) is 15.3. The maximum atomic E-state index is 12.9. The van der Waals surface area contributed by atoms with Crippen LogP contribution in [0.5, 0.6) is 0 Å². The fourth-order valence-electron chi connectivity index (χ4n) is 3.92. The van der Waals surface area contributed by atoms with Gasteiger partial charge in [0.25, 0.3) is 11.8 Å². The second kappa shape index (κ2) is 10.3. The van der Waals surface area contributed by atoms with E-state index in [1.165, 1.54) is 11.3 Å². The van der Waals surface area contributed by atoms with E-state index in [2.05, 4.69) is 24.1 Å². The third-order valence-corrected chi connectivity index (χ3v) is 6.87. The lowest BCUT2D eigenvalue weighted by Crippen LogP contribution is -2.35. The molecule has 0 unspecified atom stereocenters. The van der Waals surface area contributed by atoms with Gasteiger partial charge in [-0.05, 0) is 38.0 Å². The van der Waals surface area contributed by atoms with Crippen LogP contribution in [0, 0.1) is 0 Å². The second-order valence-electron chi connectivity index (χ2n) is 8.11. The molecule has 0 spiro atoms. The van der Waals surface area contributed by atoms with Crippen LogP contribution in [0.1, 0.15) is 60.9 Å².